The standard InChI is InChI=1S/C17H8F4N4O2/c18-12-7-22-5-4-11(12)16-24-15(25-27-16)13-14(26-8-23-13)9-2-1-3-10(6-9)17(19,20)21/h1-8H. The van der Waals surface area contributed by atoms with Gasteiger partial charge in [0.05, 0.1) is 17.3 Å². The van der Waals surface area contributed by atoms with E-state index in [0.717, 1.165) is 24.7 Å². The molecule has 27 heavy (non-hydrogen) atoms. The minimum absolute atomic E-state index is 0.0312. The zero-order chi connectivity index (χ0) is 19.0. The maximum atomic E-state index is 13.8. The maximum Gasteiger partial charge on any atom is 0.416 e. The number of nitrogens with zero attached hydrogens (tertiary/aromatic N) is 4. The average molecular weight is 376 g/mol. The van der Waals surface area contributed by atoms with Gasteiger partial charge in [-0.2, -0.15) is 18.2 Å². The van der Waals surface area contributed by atoms with E-state index in [0.29, 0.717) is 0 Å². The third-order valence-electron chi connectivity index (χ3n) is 3.66. The SMILES string of the molecule is Fc1cnccc1-c1nc(-c2ncoc2-c2cccc(C(F)(F)F)c2)no1. The van der Waals surface area contributed by atoms with E-state index in [1.807, 2.05) is 0 Å². The first-order valence-corrected chi connectivity index (χ1v) is 7.48. The number of pyridine rings is 1. The molecular formula is C17H8F4N4O2. The van der Waals surface area contributed by atoms with Gasteiger partial charge in [-0.3, -0.25) is 4.98 Å². The lowest BCUT2D eigenvalue weighted by Gasteiger charge is -2.07. The second-order valence-corrected chi connectivity index (χ2v) is 5.39. The molecule has 136 valence electrons. The summed E-state index contributed by atoms with van der Waals surface area (Å²) in [5.74, 6) is -0.806. The van der Waals surface area contributed by atoms with Crippen LogP contribution in [0.3, 0.4) is 0 Å². The Morgan fingerprint density at radius 3 is 2.70 bits per heavy atom. The monoisotopic (exact) mass is 376 g/mol. The van der Waals surface area contributed by atoms with Crippen molar-refractivity contribution in [3.8, 4) is 34.3 Å². The van der Waals surface area contributed by atoms with Gasteiger partial charge in [-0.25, -0.2) is 9.37 Å². The average Bonchev–Trinajstić information content (AvgIpc) is 3.31. The number of halogens is 4. The Hall–Kier alpha value is -3.56. The Morgan fingerprint density at radius 2 is 1.93 bits per heavy atom. The van der Waals surface area contributed by atoms with E-state index in [-0.39, 0.29) is 34.3 Å². The molecule has 1 aromatic carbocycles. The first kappa shape index (κ1) is 16.9. The number of hydrogen-bond acceptors (Lipinski definition) is 6. The van der Waals surface area contributed by atoms with Crippen molar-refractivity contribution in [1.82, 2.24) is 20.1 Å². The summed E-state index contributed by atoms with van der Waals surface area (Å²) in [7, 11) is 0. The van der Waals surface area contributed by atoms with E-state index in [2.05, 4.69) is 20.1 Å². The highest BCUT2D eigenvalue weighted by Crippen LogP contribution is 2.35. The largest absolute Gasteiger partial charge is 0.443 e. The van der Waals surface area contributed by atoms with Crippen molar-refractivity contribution in [1.29, 1.82) is 0 Å². The number of oxazole rings is 1. The van der Waals surface area contributed by atoms with Crippen molar-refractivity contribution in [2.75, 3.05) is 0 Å². The van der Waals surface area contributed by atoms with Crippen molar-refractivity contribution < 1.29 is 26.5 Å². The summed E-state index contributed by atoms with van der Waals surface area (Å²) < 4.78 is 62.9. The lowest BCUT2D eigenvalue weighted by molar-refractivity contribution is -0.137. The third kappa shape index (κ3) is 3.16. The van der Waals surface area contributed by atoms with Gasteiger partial charge in [0, 0.05) is 11.8 Å². The lowest BCUT2D eigenvalue weighted by Crippen LogP contribution is -2.04. The summed E-state index contributed by atoms with van der Waals surface area (Å²) in [5, 5.41) is 3.72. The summed E-state index contributed by atoms with van der Waals surface area (Å²) >= 11 is 0. The van der Waals surface area contributed by atoms with Crippen LogP contribution in [0.1, 0.15) is 5.56 Å². The van der Waals surface area contributed by atoms with Gasteiger partial charge in [0.2, 0.25) is 5.82 Å². The molecule has 10 heteroatoms. The smallest absolute Gasteiger partial charge is 0.416 e. The van der Waals surface area contributed by atoms with E-state index in [1.165, 1.54) is 24.4 Å². The van der Waals surface area contributed by atoms with Crippen LogP contribution in [0.4, 0.5) is 17.6 Å². The van der Waals surface area contributed by atoms with E-state index in [4.69, 9.17) is 8.94 Å². The zero-order valence-corrected chi connectivity index (χ0v) is 13.2. The normalized spacial score (nSPS) is 11.7. The van der Waals surface area contributed by atoms with Gasteiger partial charge >= 0.3 is 6.18 Å². The van der Waals surface area contributed by atoms with Crippen molar-refractivity contribution >= 4 is 0 Å². The lowest BCUT2D eigenvalue weighted by atomic mass is 10.1. The molecule has 4 rings (SSSR count). The van der Waals surface area contributed by atoms with Crippen molar-refractivity contribution in [2.24, 2.45) is 0 Å². The van der Waals surface area contributed by atoms with Crippen LogP contribution in [-0.4, -0.2) is 20.1 Å². The fourth-order valence-corrected chi connectivity index (χ4v) is 2.42. The summed E-state index contributed by atoms with van der Waals surface area (Å²) in [6.45, 7) is 0. The van der Waals surface area contributed by atoms with Crippen LogP contribution in [0.25, 0.3) is 34.3 Å². The third-order valence-corrected chi connectivity index (χ3v) is 3.66. The molecule has 0 amide bonds. The van der Waals surface area contributed by atoms with Gasteiger partial charge in [-0.15, -0.1) is 0 Å². The van der Waals surface area contributed by atoms with Crippen LogP contribution in [0.5, 0.6) is 0 Å². The van der Waals surface area contributed by atoms with E-state index in [9.17, 15) is 17.6 Å². The van der Waals surface area contributed by atoms with Gasteiger partial charge in [-0.05, 0) is 18.2 Å². The fourth-order valence-electron chi connectivity index (χ4n) is 2.42. The van der Waals surface area contributed by atoms with E-state index >= 15 is 0 Å². The molecule has 0 bridgehead atoms. The predicted octanol–water partition coefficient (Wildman–Crippen LogP) is 4.61. The number of hydrogen-bond donors (Lipinski definition) is 0. The molecule has 4 aromatic rings. The molecule has 0 saturated heterocycles. The van der Waals surface area contributed by atoms with E-state index in [1.54, 1.807) is 0 Å². The second-order valence-electron chi connectivity index (χ2n) is 5.39. The zero-order valence-electron chi connectivity index (χ0n) is 13.2. The number of rotatable bonds is 3. The Labute approximate surface area is 148 Å². The molecule has 0 radical (unpaired) electrons. The summed E-state index contributed by atoms with van der Waals surface area (Å²) in [6, 6.07) is 5.90. The van der Waals surface area contributed by atoms with Crippen LogP contribution in [0.15, 0.2) is 58.1 Å². The topological polar surface area (TPSA) is 77.8 Å². The van der Waals surface area contributed by atoms with E-state index < -0.39 is 17.6 Å². The number of alkyl halides is 3. The number of benzene rings is 1. The minimum atomic E-state index is -4.51. The molecule has 0 fully saturated rings. The summed E-state index contributed by atoms with van der Waals surface area (Å²) in [5.41, 5.74) is -0.597. The van der Waals surface area contributed by atoms with Crippen LogP contribution in [0, 0.1) is 5.82 Å². The van der Waals surface area contributed by atoms with Crippen molar-refractivity contribution in [2.45, 2.75) is 6.18 Å². The summed E-state index contributed by atoms with van der Waals surface area (Å²) in [4.78, 5) is 11.6. The quantitative estimate of drug-likeness (QED) is 0.486. The molecular weight excluding hydrogens is 368 g/mol. The Kier molecular flexibility index (Phi) is 3.94. The van der Waals surface area contributed by atoms with Gasteiger partial charge in [0.1, 0.15) is 0 Å². The molecule has 0 aliphatic heterocycles. The predicted molar refractivity (Wildman–Crippen MR) is 83.4 cm³/mol. The molecule has 0 unspecified atom stereocenters. The maximum absolute atomic E-state index is 13.8. The Morgan fingerprint density at radius 1 is 1.07 bits per heavy atom. The highest BCUT2D eigenvalue weighted by molar-refractivity contribution is 5.74. The summed E-state index contributed by atoms with van der Waals surface area (Å²) in [6.07, 6.45) is -1.11. The fraction of sp³-hybridized carbons (Fsp3) is 0.0588. The van der Waals surface area contributed by atoms with Gasteiger partial charge in [0.25, 0.3) is 5.89 Å². The van der Waals surface area contributed by atoms with Gasteiger partial charge < -0.3 is 8.94 Å². The molecule has 0 saturated carbocycles. The Bertz CT molecular complexity index is 1100. The highest BCUT2D eigenvalue weighted by atomic mass is 19.4. The molecule has 0 aliphatic carbocycles. The van der Waals surface area contributed by atoms with Crippen molar-refractivity contribution in [3.05, 3.63) is 60.5 Å². The molecule has 0 N–H and O–H groups in total. The van der Waals surface area contributed by atoms with Gasteiger partial charge in [-0.1, -0.05) is 17.3 Å². The first-order valence-electron chi connectivity index (χ1n) is 7.48. The molecule has 6 nitrogen and oxygen atoms in total. The highest BCUT2D eigenvalue weighted by Gasteiger charge is 2.31. The number of aromatic nitrogens is 4. The molecule has 0 atom stereocenters. The van der Waals surface area contributed by atoms with Crippen LogP contribution < -0.4 is 0 Å². The second kappa shape index (κ2) is 6.31. The Balaban J connectivity index is 1.75. The van der Waals surface area contributed by atoms with Crippen molar-refractivity contribution in [3.63, 3.8) is 0 Å². The van der Waals surface area contributed by atoms with Gasteiger partial charge in [0.15, 0.2) is 23.7 Å². The van der Waals surface area contributed by atoms with Crippen LogP contribution >= 0.6 is 0 Å². The molecule has 3 heterocycles. The van der Waals surface area contributed by atoms with Crippen LogP contribution in [-0.2, 0) is 6.18 Å². The first-order chi connectivity index (χ1) is 12.9. The molecule has 0 aliphatic rings. The molecule has 0 spiro atoms. The molecule has 3 aromatic heterocycles. The minimum Gasteiger partial charge on any atom is -0.443 e. The van der Waals surface area contributed by atoms with Crippen LogP contribution in [0.2, 0.25) is 0 Å².